The largest absolute Gasteiger partial charge is 0.451 e. The molecule has 194 valence electrons. The lowest BCUT2D eigenvalue weighted by atomic mass is 9.89. The monoisotopic (exact) mass is 527 g/mol. The average molecular weight is 527 g/mol. The Labute approximate surface area is 213 Å². The van der Waals surface area contributed by atoms with Gasteiger partial charge in [0.1, 0.15) is 18.1 Å². The molecule has 0 radical (unpaired) electrons. The van der Waals surface area contributed by atoms with Gasteiger partial charge >= 0.3 is 7.94 Å². The standard InChI is InChI=1S/C24H27N6O6P/c1-3-34-18-10-17(11-18)30-14-20(23(28-30)19-6-4-5-9-25-19)27-24(31)22-8-7-21(36-22)16-12-26-29(13-16)15-35-37(2,32)33/h4-9,12-14,17-18,32-33H,3,10-11,15H2,1-2H3/p+1. The van der Waals surface area contributed by atoms with E-state index < -0.39 is 13.9 Å². The third-order valence-electron chi connectivity index (χ3n) is 5.92. The summed E-state index contributed by atoms with van der Waals surface area (Å²) in [6.45, 7) is 3.75. The first kappa shape index (κ1) is 25.2. The number of pyridine rings is 1. The van der Waals surface area contributed by atoms with Gasteiger partial charge in [0.15, 0.2) is 12.5 Å². The first-order valence-corrected chi connectivity index (χ1v) is 13.9. The van der Waals surface area contributed by atoms with E-state index in [1.807, 2.05) is 36.0 Å². The van der Waals surface area contributed by atoms with Gasteiger partial charge in [-0.1, -0.05) is 6.07 Å². The Morgan fingerprint density at radius 3 is 2.81 bits per heavy atom. The van der Waals surface area contributed by atoms with Crippen molar-refractivity contribution in [3.05, 3.63) is 60.9 Å². The van der Waals surface area contributed by atoms with Crippen LogP contribution in [0.25, 0.3) is 22.7 Å². The SMILES string of the molecule is CCOC1CC(n2cc(NC(=O)c3ccc(-c4cnn(CO[P+](C)(O)O)c4)o3)c(-c3ccccn3)n2)C1. The van der Waals surface area contributed by atoms with E-state index in [1.165, 1.54) is 17.5 Å². The van der Waals surface area contributed by atoms with Crippen LogP contribution in [-0.4, -0.2) is 59.6 Å². The normalized spacial score (nSPS) is 17.5. The summed E-state index contributed by atoms with van der Waals surface area (Å²) in [5.41, 5.74) is 2.36. The van der Waals surface area contributed by atoms with Crippen molar-refractivity contribution in [3.63, 3.8) is 0 Å². The van der Waals surface area contributed by atoms with Crippen molar-refractivity contribution in [2.75, 3.05) is 18.6 Å². The minimum atomic E-state index is -3.38. The van der Waals surface area contributed by atoms with Gasteiger partial charge in [0.25, 0.3) is 5.91 Å². The molecule has 1 aliphatic carbocycles. The third kappa shape index (κ3) is 5.95. The van der Waals surface area contributed by atoms with Gasteiger partial charge in [0, 0.05) is 25.2 Å². The van der Waals surface area contributed by atoms with Crippen LogP contribution in [-0.2, 0) is 16.0 Å². The highest BCUT2D eigenvalue weighted by atomic mass is 31.2. The molecule has 0 saturated heterocycles. The van der Waals surface area contributed by atoms with Crippen LogP contribution in [0.2, 0.25) is 0 Å². The maximum absolute atomic E-state index is 13.1. The molecule has 0 spiro atoms. The maximum Gasteiger partial charge on any atom is 0.404 e. The van der Waals surface area contributed by atoms with E-state index in [4.69, 9.17) is 18.8 Å². The van der Waals surface area contributed by atoms with Crippen molar-refractivity contribution in [2.45, 2.75) is 38.6 Å². The Kier molecular flexibility index (Phi) is 7.18. The van der Waals surface area contributed by atoms with Crippen LogP contribution in [0.4, 0.5) is 5.69 Å². The quantitative estimate of drug-likeness (QED) is 0.262. The Balaban J connectivity index is 1.31. The number of furan rings is 1. The van der Waals surface area contributed by atoms with Gasteiger partial charge in [-0.3, -0.25) is 14.5 Å². The summed E-state index contributed by atoms with van der Waals surface area (Å²) < 4.78 is 19.7. The number of hydrogen-bond acceptors (Lipinski definition) is 9. The lowest BCUT2D eigenvalue weighted by Crippen LogP contribution is -2.33. The van der Waals surface area contributed by atoms with E-state index in [1.54, 1.807) is 24.5 Å². The van der Waals surface area contributed by atoms with Crippen molar-refractivity contribution in [3.8, 4) is 22.7 Å². The summed E-state index contributed by atoms with van der Waals surface area (Å²) in [4.78, 5) is 36.3. The molecule has 5 rings (SSSR count). The van der Waals surface area contributed by atoms with Crippen LogP contribution < -0.4 is 5.32 Å². The van der Waals surface area contributed by atoms with Gasteiger partial charge in [-0.25, -0.2) is 4.68 Å². The molecule has 1 saturated carbocycles. The number of anilines is 1. The Morgan fingerprint density at radius 2 is 2.08 bits per heavy atom. The number of carbonyl (C=O) groups is 1. The molecule has 0 unspecified atom stereocenters. The lowest BCUT2D eigenvalue weighted by molar-refractivity contribution is -0.0226. The van der Waals surface area contributed by atoms with E-state index >= 15 is 0 Å². The highest BCUT2D eigenvalue weighted by Crippen LogP contribution is 2.46. The van der Waals surface area contributed by atoms with Crippen LogP contribution >= 0.6 is 7.94 Å². The number of carbonyl (C=O) groups excluding carboxylic acids is 1. The number of nitrogens with zero attached hydrogens (tertiary/aromatic N) is 5. The van der Waals surface area contributed by atoms with Gasteiger partial charge in [0.2, 0.25) is 0 Å². The highest BCUT2D eigenvalue weighted by molar-refractivity contribution is 7.58. The zero-order valence-electron chi connectivity index (χ0n) is 20.4. The molecule has 1 fully saturated rings. The van der Waals surface area contributed by atoms with E-state index in [0.717, 1.165) is 12.8 Å². The van der Waals surface area contributed by atoms with E-state index in [0.29, 0.717) is 35.0 Å². The van der Waals surface area contributed by atoms with Gasteiger partial charge < -0.3 is 14.5 Å². The lowest BCUT2D eigenvalue weighted by Gasteiger charge is -2.34. The van der Waals surface area contributed by atoms with Crippen LogP contribution in [0.1, 0.15) is 36.4 Å². The molecule has 4 heterocycles. The molecule has 37 heavy (non-hydrogen) atoms. The van der Waals surface area contributed by atoms with E-state index in [2.05, 4.69) is 15.4 Å². The summed E-state index contributed by atoms with van der Waals surface area (Å²) in [6, 6.07) is 8.97. The van der Waals surface area contributed by atoms with Gasteiger partial charge in [0.05, 0.1) is 35.3 Å². The molecule has 13 heteroatoms. The zero-order valence-corrected chi connectivity index (χ0v) is 21.3. The first-order valence-electron chi connectivity index (χ1n) is 11.8. The minimum Gasteiger partial charge on any atom is -0.451 e. The van der Waals surface area contributed by atoms with E-state index in [9.17, 15) is 14.6 Å². The minimum absolute atomic E-state index is 0.114. The van der Waals surface area contributed by atoms with Gasteiger partial charge in [-0.2, -0.15) is 24.5 Å². The van der Waals surface area contributed by atoms with Crippen LogP contribution in [0, 0.1) is 0 Å². The fourth-order valence-electron chi connectivity index (χ4n) is 4.02. The molecule has 0 aromatic carbocycles. The highest BCUT2D eigenvalue weighted by Gasteiger charge is 2.33. The summed E-state index contributed by atoms with van der Waals surface area (Å²) in [7, 11) is -3.38. The summed E-state index contributed by atoms with van der Waals surface area (Å²) >= 11 is 0. The summed E-state index contributed by atoms with van der Waals surface area (Å²) in [5, 5.41) is 11.8. The van der Waals surface area contributed by atoms with Crippen molar-refractivity contribution >= 4 is 19.5 Å². The predicted octanol–water partition coefficient (Wildman–Crippen LogP) is 3.75. The second-order valence-electron chi connectivity index (χ2n) is 8.77. The molecule has 12 nitrogen and oxygen atoms in total. The Hall–Kier alpha value is -3.41. The molecule has 4 aromatic rings. The van der Waals surface area contributed by atoms with Crippen molar-refractivity contribution in [1.29, 1.82) is 0 Å². The molecule has 4 aromatic heterocycles. The third-order valence-corrected chi connectivity index (χ3v) is 6.52. The smallest absolute Gasteiger partial charge is 0.404 e. The van der Waals surface area contributed by atoms with Gasteiger partial charge in [-0.15, -0.1) is 0 Å². The second kappa shape index (κ2) is 10.5. The number of rotatable bonds is 10. The van der Waals surface area contributed by atoms with Crippen molar-refractivity contribution in [2.24, 2.45) is 0 Å². The second-order valence-corrected chi connectivity index (χ2v) is 10.7. The average Bonchev–Trinajstić information content (AvgIpc) is 3.59. The fraction of sp³-hybridized carbons (Fsp3) is 0.333. The molecule has 1 amide bonds. The molecule has 0 bridgehead atoms. The van der Waals surface area contributed by atoms with Crippen LogP contribution in [0.15, 0.2) is 59.5 Å². The summed E-state index contributed by atoms with van der Waals surface area (Å²) in [6.07, 6.45) is 8.61. The van der Waals surface area contributed by atoms with E-state index in [-0.39, 0.29) is 24.6 Å². The topological polar surface area (TPSA) is 150 Å². The number of aromatic nitrogens is 5. The Bertz CT molecular complexity index is 1360. The molecular formula is C24H28N6O6P+. The Morgan fingerprint density at radius 1 is 1.24 bits per heavy atom. The molecule has 0 atom stereocenters. The summed E-state index contributed by atoms with van der Waals surface area (Å²) in [5.74, 6) is 0.114. The molecule has 1 aliphatic rings. The predicted molar refractivity (Wildman–Crippen MR) is 135 cm³/mol. The van der Waals surface area contributed by atoms with Crippen molar-refractivity contribution < 1.29 is 28.3 Å². The molecular weight excluding hydrogens is 499 g/mol. The number of amides is 1. The van der Waals surface area contributed by atoms with Crippen LogP contribution in [0.5, 0.6) is 0 Å². The first-order chi connectivity index (χ1) is 17.8. The van der Waals surface area contributed by atoms with Crippen LogP contribution in [0.3, 0.4) is 0 Å². The number of nitrogens with one attached hydrogen (secondary N) is 1. The van der Waals surface area contributed by atoms with Crippen molar-refractivity contribution in [1.82, 2.24) is 24.5 Å². The maximum atomic E-state index is 13.1. The van der Waals surface area contributed by atoms with Gasteiger partial charge in [-0.05, 0) is 44.0 Å². The number of ether oxygens (including phenoxy) is 1. The zero-order chi connectivity index (χ0) is 26.0. The molecule has 0 aliphatic heterocycles. The number of hydrogen-bond donors (Lipinski definition) is 3. The molecule has 3 N–H and O–H groups in total. The fourth-order valence-corrected chi connectivity index (χ4v) is 4.35.